The first-order chi connectivity index (χ1) is 17.7. The number of aliphatic carboxylic acids is 1. The van der Waals surface area contributed by atoms with Gasteiger partial charge in [-0.3, -0.25) is 9.59 Å². The summed E-state index contributed by atoms with van der Waals surface area (Å²) in [7, 11) is 1.58. The van der Waals surface area contributed by atoms with Crippen LogP contribution in [0.1, 0.15) is 44.7 Å². The van der Waals surface area contributed by atoms with Crippen LogP contribution in [0.4, 0.5) is 4.79 Å². The number of nitrogens with zero attached hydrogens (tertiary/aromatic N) is 2. The Kier molecular flexibility index (Phi) is 8.24. The molecule has 4 amide bonds. The Balaban J connectivity index is 1.42. The predicted molar refractivity (Wildman–Crippen MR) is 139 cm³/mol. The molecule has 4 rings (SSSR count). The summed E-state index contributed by atoms with van der Waals surface area (Å²) in [5, 5.41) is 14.5. The molecule has 1 atom stereocenters. The number of nitrogens with one attached hydrogen (secondary N) is 2. The van der Waals surface area contributed by atoms with E-state index in [4.69, 9.17) is 23.2 Å². The van der Waals surface area contributed by atoms with Crippen LogP contribution in [0.25, 0.3) is 0 Å². The molecular weight excluding hydrogens is 519 g/mol. The van der Waals surface area contributed by atoms with Crippen molar-refractivity contribution in [3.8, 4) is 0 Å². The van der Waals surface area contributed by atoms with Crippen LogP contribution in [0.2, 0.25) is 10.0 Å². The van der Waals surface area contributed by atoms with Crippen LogP contribution in [0, 0.1) is 5.92 Å². The van der Waals surface area contributed by atoms with E-state index in [2.05, 4.69) is 10.6 Å². The molecule has 1 aliphatic carbocycles. The number of urea groups is 1. The highest BCUT2D eigenvalue weighted by Gasteiger charge is 2.34. The fraction of sp³-hybridized carbons (Fsp3) is 0.385. The Labute approximate surface area is 224 Å². The Morgan fingerprint density at radius 3 is 2.54 bits per heavy atom. The molecule has 196 valence electrons. The van der Waals surface area contributed by atoms with Crippen molar-refractivity contribution in [3.63, 3.8) is 0 Å². The van der Waals surface area contributed by atoms with Crippen LogP contribution in [-0.2, 0) is 17.8 Å². The summed E-state index contributed by atoms with van der Waals surface area (Å²) in [6, 6.07) is 8.82. The number of carbonyl (C=O) groups is 4. The summed E-state index contributed by atoms with van der Waals surface area (Å²) in [6.07, 6.45) is 2.70. The molecule has 0 radical (unpaired) electrons. The summed E-state index contributed by atoms with van der Waals surface area (Å²) in [5.74, 6) is -1.77. The highest BCUT2D eigenvalue weighted by Crippen LogP contribution is 2.36. The van der Waals surface area contributed by atoms with Crippen LogP contribution in [0.5, 0.6) is 0 Å². The number of rotatable bonds is 9. The van der Waals surface area contributed by atoms with E-state index in [1.807, 2.05) is 30.3 Å². The number of hydrogen-bond donors (Lipinski definition) is 3. The smallest absolute Gasteiger partial charge is 0.328 e. The van der Waals surface area contributed by atoms with Gasteiger partial charge in [-0.25, -0.2) is 9.59 Å². The lowest BCUT2D eigenvalue weighted by Gasteiger charge is -2.30. The van der Waals surface area contributed by atoms with Gasteiger partial charge in [0.25, 0.3) is 11.8 Å². The lowest BCUT2D eigenvalue weighted by molar-refractivity contribution is -0.139. The van der Waals surface area contributed by atoms with Crippen LogP contribution in [0.3, 0.4) is 0 Å². The highest BCUT2D eigenvalue weighted by molar-refractivity contribution is 6.41. The van der Waals surface area contributed by atoms with Crippen molar-refractivity contribution in [2.24, 2.45) is 5.92 Å². The van der Waals surface area contributed by atoms with E-state index < -0.39 is 23.9 Å². The number of carboxylic acid groups (broad SMARTS) is 1. The van der Waals surface area contributed by atoms with Crippen molar-refractivity contribution >= 4 is 47.0 Å². The number of halogens is 2. The quantitative estimate of drug-likeness (QED) is 0.445. The van der Waals surface area contributed by atoms with E-state index in [1.165, 1.54) is 11.0 Å². The molecule has 0 bridgehead atoms. The zero-order valence-corrected chi connectivity index (χ0v) is 21.8. The largest absolute Gasteiger partial charge is 0.480 e. The van der Waals surface area contributed by atoms with Crippen molar-refractivity contribution < 1.29 is 24.3 Å². The third-order valence-corrected chi connectivity index (χ3v) is 7.26. The first kappa shape index (κ1) is 26.8. The summed E-state index contributed by atoms with van der Waals surface area (Å²) in [5.41, 5.74) is 1.70. The Morgan fingerprint density at radius 2 is 1.89 bits per heavy atom. The normalized spacial score (nSPS) is 15.5. The van der Waals surface area contributed by atoms with Gasteiger partial charge in [0.2, 0.25) is 0 Å². The standard InChI is InChI=1S/C26H28Cl2N4O5/c1-31(13-15-5-3-2-4-6-15)26(37)29-12-20(25(35)36)30-23(33)21-19(27)11-18-17(22(21)28)9-10-32(24(18)34)14-16-7-8-16/h2-6,11,16,20H,7-10,12-14H2,1H3,(H,29,37)(H,30,33)(H,35,36). The third-order valence-electron chi connectivity index (χ3n) is 6.54. The molecule has 0 saturated heterocycles. The number of hydrogen-bond acceptors (Lipinski definition) is 4. The Morgan fingerprint density at radius 1 is 1.19 bits per heavy atom. The number of carbonyl (C=O) groups excluding carboxylic acids is 3. The van der Waals surface area contributed by atoms with Gasteiger partial charge in [0, 0.05) is 32.2 Å². The molecule has 2 aromatic rings. The fourth-order valence-corrected chi connectivity index (χ4v) is 5.01. The van der Waals surface area contributed by atoms with Crippen molar-refractivity contribution in [2.45, 2.75) is 31.8 Å². The zero-order valence-electron chi connectivity index (χ0n) is 20.3. The van der Waals surface area contributed by atoms with Crippen LogP contribution >= 0.6 is 23.2 Å². The average Bonchev–Trinajstić information content (AvgIpc) is 3.68. The number of carboxylic acids is 1. The monoisotopic (exact) mass is 546 g/mol. The molecule has 1 unspecified atom stereocenters. The van der Waals surface area contributed by atoms with Crippen LogP contribution in [-0.4, -0.2) is 71.4 Å². The second-order valence-electron chi connectivity index (χ2n) is 9.41. The molecule has 0 aromatic heterocycles. The average molecular weight is 547 g/mol. The van der Waals surface area contributed by atoms with Crippen molar-refractivity contribution in [1.82, 2.24) is 20.4 Å². The van der Waals surface area contributed by atoms with Gasteiger partial charge >= 0.3 is 12.0 Å². The van der Waals surface area contributed by atoms with Crippen molar-refractivity contribution in [2.75, 3.05) is 26.7 Å². The van der Waals surface area contributed by atoms with Gasteiger partial charge in [-0.05, 0) is 42.4 Å². The van der Waals surface area contributed by atoms with E-state index in [9.17, 15) is 24.3 Å². The molecule has 37 heavy (non-hydrogen) atoms. The molecule has 2 aliphatic rings. The SMILES string of the molecule is CN(Cc1ccccc1)C(=O)NCC(NC(=O)c1c(Cl)cc2c(c1Cl)CCN(CC1CC1)C2=O)C(=O)O. The zero-order chi connectivity index (χ0) is 26.7. The number of benzene rings is 2. The van der Waals surface area contributed by atoms with Gasteiger partial charge in [0.05, 0.1) is 22.2 Å². The minimum absolute atomic E-state index is 0.0372. The van der Waals surface area contributed by atoms with Gasteiger partial charge in [0.1, 0.15) is 6.04 Å². The lowest BCUT2D eigenvalue weighted by atomic mass is 9.95. The topological polar surface area (TPSA) is 119 Å². The number of fused-ring (bicyclic) bond motifs is 1. The van der Waals surface area contributed by atoms with Gasteiger partial charge in [-0.1, -0.05) is 53.5 Å². The lowest BCUT2D eigenvalue weighted by Crippen LogP contribution is -2.50. The summed E-state index contributed by atoms with van der Waals surface area (Å²) in [4.78, 5) is 53.4. The van der Waals surface area contributed by atoms with E-state index in [0.29, 0.717) is 43.1 Å². The maximum absolute atomic E-state index is 13.0. The van der Waals surface area contributed by atoms with Crippen LogP contribution < -0.4 is 10.6 Å². The molecule has 11 heteroatoms. The minimum Gasteiger partial charge on any atom is -0.480 e. The third kappa shape index (κ3) is 6.34. The maximum Gasteiger partial charge on any atom is 0.328 e. The first-order valence-electron chi connectivity index (χ1n) is 12.0. The Hall–Kier alpha value is -3.30. The fourth-order valence-electron chi connectivity index (χ4n) is 4.29. The summed E-state index contributed by atoms with van der Waals surface area (Å²) in [6.45, 7) is 1.16. The van der Waals surface area contributed by atoms with Crippen molar-refractivity contribution in [1.29, 1.82) is 0 Å². The molecule has 9 nitrogen and oxygen atoms in total. The molecule has 1 fully saturated rings. The minimum atomic E-state index is -1.43. The van der Waals surface area contributed by atoms with Crippen LogP contribution in [0.15, 0.2) is 36.4 Å². The van der Waals surface area contributed by atoms with E-state index in [1.54, 1.807) is 11.9 Å². The molecule has 3 N–H and O–H groups in total. The van der Waals surface area contributed by atoms with E-state index >= 15 is 0 Å². The second kappa shape index (κ2) is 11.4. The maximum atomic E-state index is 13.0. The summed E-state index contributed by atoms with van der Waals surface area (Å²) >= 11 is 12.9. The first-order valence-corrected chi connectivity index (χ1v) is 12.8. The Bertz CT molecular complexity index is 1220. The molecular formula is C26H28Cl2N4O5. The second-order valence-corrected chi connectivity index (χ2v) is 10.2. The molecule has 2 aromatic carbocycles. The molecule has 0 spiro atoms. The van der Waals surface area contributed by atoms with Gasteiger partial charge in [0.15, 0.2) is 0 Å². The highest BCUT2D eigenvalue weighted by atomic mass is 35.5. The molecule has 1 heterocycles. The van der Waals surface area contributed by atoms with E-state index in [-0.39, 0.29) is 28.1 Å². The van der Waals surface area contributed by atoms with E-state index in [0.717, 1.165) is 18.4 Å². The van der Waals surface area contributed by atoms with Gasteiger partial charge < -0.3 is 25.5 Å². The van der Waals surface area contributed by atoms with Gasteiger partial charge in [-0.2, -0.15) is 0 Å². The van der Waals surface area contributed by atoms with Gasteiger partial charge in [-0.15, -0.1) is 0 Å². The molecule has 1 aliphatic heterocycles. The molecule has 1 saturated carbocycles. The van der Waals surface area contributed by atoms with Crippen molar-refractivity contribution in [3.05, 3.63) is 68.7 Å². The number of amides is 4. The summed E-state index contributed by atoms with van der Waals surface area (Å²) < 4.78 is 0. The predicted octanol–water partition coefficient (Wildman–Crippen LogP) is 3.43.